The molecule has 3 aromatic rings. The van der Waals surface area contributed by atoms with Crippen molar-refractivity contribution in [3.8, 4) is 17.2 Å². The molecule has 3 aromatic carbocycles. The molecule has 0 fully saturated rings. The molecule has 0 aliphatic carbocycles. The fourth-order valence-corrected chi connectivity index (χ4v) is 3.83. The minimum absolute atomic E-state index is 0.309. The van der Waals surface area contributed by atoms with Crippen LogP contribution in [-0.2, 0) is 6.61 Å². The normalized spacial score (nSPS) is 10.8. The lowest BCUT2D eigenvalue weighted by atomic mass is 10.2. The van der Waals surface area contributed by atoms with Crippen molar-refractivity contribution in [1.82, 2.24) is 5.43 Å². The van der Waals surface area contributed by atoms with Crippen molar-refractivity contribution < 1.29 is 19.0 Å². The Morgan fingerprint density at radius 3 is 2.36 bits per heavy atom. The first-order valence-corrected chi connectivity index (χ1v) is 12.3. The molecule has 8 heteroatoms. The third-order valence-corrected chi connectivity index (χ3v) is 5.74. The van der Waals surface area contributed by atoms with Crippen LogP contribution in [0.1, 0.15) is 35.3 Å². The van der Waals surface area contributed by atoms with Gasteiger partial charge in [-0.05, 0) is 112 Å². The number of hydrogen-bond donors (Lipinski definition) is 1. The number of halogens is 2. The molecular weight excluding hydrogens is 599 g/mol. The molecule has 1 amide bonds. The number of ether oxygens (including phenoxy) is 3. The van der Waals surface area contributed by atoms with Crippen LogP contribution in [0.2, 0.25) is 0 Å². The van der Waals surface area contributed by atoms with Gasteiger partial charge < -0.3 is 14.2 Å². The smallest absolute Gasteiger partial charge is 0.271 e. The zero-order valence-electron chi connectivity index (χ0n) is 18.3. The maximum Gasteiger partial charge on any atom is 0.271 e. The van der Waals surface area contributed by atoms with Crippen LogP contribution in [0.4, 0.5) is 0 Å². The van der Waals surface area contributed by atoms with E-state index in [1.165, 1.54) is 3.57 Å². The summed E-state index contributed by atoms with van der Waals surface area (Å²) in [7, 11) is 0. The summed E-state index contributed by atoms with van der Waals surface area (Å²) in [5.41, 5.74) is 4.84. The van der Waals surface area contributed by atoms with Crippen LogP contribution in [0.3, 0.4) is 0 Å². The summed E-state index contributed by atoms with van der Waals surface area (Å²) in [4.78, 5) is 12.3. The summed E-state index contributed by atoms with van der Waals surface area (Å²) >= 11 is 5.84. The van der Waals surface area contributed by atoms with Crippen molar-refractivity contribution >= 4 is 50.6 Å². The zero-order chi connectivity index (χ0) is 23.6. The number of carbonyl (C=O) groups is 1. The van der Waals surface area contributed by atoms with Gasteiger partial charge >= 0.3 is 0 Å². The molecule has 3 rings (SSSR count). The fourth-order valence-electron chi connectivity index (χ4n) is 2.90. The van der Waals surface area contributed by atoms with Gasteiger partial charge in [0.25, 0.3) is 5.91 Å². The number of amides is 1. The molecule has 1 N–H and O–H groups in total. The van der Waals surface area contributed by atoms with Crippen molar-refractivity contribution in [2.75, 3.05) is 13.2 Å². The van der Waals surface area contributed by atoms with Gasteiger partial charge in [0.15, 0.2) is 11.5 Å². The molecule has 0 heterocycles. The van der Waals surface area contributed by atoms with Gasteiger partial charge in [-0.2, -0.15) is 5.10 Å². The Morgan fingerprint density at radius 2 is 1.70 bits per heavy atom. The Bertz CT molecular complexity index is 1100. The van der Waals surface area contributed by atoms with Gasteiger partial charge in [-0.15, -0.1) is 0 Å². The molecule has 0 aromatic heterocycles. The summed E-state index contributed by atoms with van der Waals surface area (Å²) in [6.45, 7) is 5.30. The zero-order valence-corrected chi connectivity index (χ0v) is 22.1. The number of nitrogens with one attached hydrogen (secondary N) is 1. The second-order valence-corrected chi connectivity index (χ2v) is 8.93. The van der Waals surface area contributed by atoms with Crippen molar-refractivity contribution in [3.05, 3.63) is 85.4 Å². The average Bonchev–Trinajstić information content (AvgIpc) is 2.80. The van der Waals surface area contributed by atoms with E-state index >= 15 is 0 Å². The summed E-state index contributed by atoms with van der Waals surface area (Å²) in [6, 6.07) is 18.7. The van der Waals surface area contributed by atoms with E-state index < -0.39 is 0 Å². The van der Waals surface area contributed by atoms with Crippen molar-refractivity contribution in [1.29, 1.82) is 0 Å². The van der Waals surface area contributed by atoms with E-state index in [0.29, 0.717) is 36.9 Å². The highest BCUT2D eigenvalue weighted by atomic mass is 127. The van der Waals surface area contributed by atoms with Crippen LogP contribution in [-0.4, -0.2) is 25.3 Å². The monoisotopic (exact) mass is 622 g/mol. The van der Waals surface area contributed by atoms with Crippen molar-refractivity contribution in [3.63, 3.8) is 0 Å². The lowest BCUT2D eigenvalue weighted by molar-refractivity contribution is 0.0955. The minimum Gasteiger partial charge on any atom is -0.494 e. The Hall–Kier alpha value is -2.59. The van der Waals surface area contributed by atoms with E-state index in [9.17, 15) is 4.79 Å². The van der Waals surface area contributed by atoms with E-state index in [4.69, 9.17) is 14.2 Å². The predicted molar refractivity (Wildman–Crippen MR) is 141 cm³/mol. The quantitative estimate of drug-likeness (QED) is 0.166. The lowest BCUT2D eigenvalue weighted by Gasteiger charge is -2.14. The Balaban J connectivity index is 1.67. The summed E-state index contributed by atoms with van der Waals surface area (Å²) in [5, 5.41) is 4.08. The minimum atomic E-state index is -0.309. The average molecular weight is 623 g/mol. The van der Waals surface area contributed by atoms with E-state index in [1.807, 2.05) is 50.2 Å². The maximum absolute atomic E-state index is 12.3. The van der Waals surface area contributed by atoms with Gasteiger partial charge in [0.2, 0.25) is 0 Å². The molecule has 33 heavy (non-hydrogen) atoms. The Kier molecular flexibility index (Phi) is 9.56. The number of rotatable bonds is 10. The van der Waals surface area contributed by atoms with Crippen LogP contribution in [0.25, 0.3) is 0 Å². The predicted octanol–water partition coefficient (Wildman–Crippen LogP) is 6.19. The fraction of sp³-hybridized carbons (Fsp3) is 0.200. The SMILES string of the molecule is CCOc1ccc(C(=O)N/N=C/c2cc(Br)c(OCc3ccc(I)cc3)c(OCC)c2)cc1. The first-order valence-electron chi connectivity index (χ1n) is 10.4. The van der Waals surface area contributed by atoms with Gasteiger partial charge in [-0.25, -0.2) is 5.43 Å². The van der Waals surface area contributed by atoms with Gasteiger partial charge in [0.1, 0.15) is 12.4 Å². The van der Waals surface area contributed by atoms with Gasteiger partial charge in [0, 0.05) is 9.13 Å². The molecule has 0 saturated carbocycles. The van der Waals surface area contributed by atoms with Gasteiger partial charge in [0.05, 0.1) is 23.9 Å². The van der Waals surface area contributed by atoms with Crippen molar-refractivity contribution in [2.24, 2.45) is 5.10 Å². The van der Waals surface area contributed by atoms with E-state index in [-0.39, 0.29) is 5.91 Å². The molecule has 172 valence electrons. The molecular formula is C25H24BrIN2O4. The van der Waals surface area contributed by atoms with E-state index in [2.05, 4.69) is 49.0 Å². The highest BCUT2D eigenvalue weighted by Gasteiger charge is 2.12. The molecule has 0 unspecified atom stereocenters. The van der Waals surface area contributed by atoms with E-state index in [1.54, 1.807) is 30.5 Å². The molecule has 0 bridgehead atoms. The lowest BCUT2D eigenvalue weighted by Crippen LogP contribution is -2.17. The second-order valence-electron chi connectivity index (χ2n) is 6.83. The first kappa shape index (κ1) is 25.0. The summed E-state index contributed by atoms with van der Waals surface area (Å²) < 4.78 is 19.1. The molecule has 0 atom stereocenters. The molecule has 0 radical (unpaired) electrons. The molecule has 6 nitrogen and oxygen atoms in total. The van der Waals surface area contributed by atoms with Crippen LogP contribution in [0.5, 0.6) is 17.2 Å². The van der Waals surface area contributed by atoms with Crippen LogP contribution < -0.4 is 19.6 Å². The third-order valence-electron chi connectivity index (χ3n) is 4.44. The van der Waals surface area contributed by atoms with Gasteiger partial charge in [-0.3, -0.25) is 4.79 Å². The molecule has 0 aliphatic heterocycles. The highest BCUT2D eigenvalue weighted by molar-refractivity contribution is 14.1. The topological polar surface area (TPSA) is 69.2 Å². The number of hydrazone groups is 1. The van der Waals surface area contributed by atoms with Crippen LogP contribution in [0.15, 0.2) is 70.2 Å². The summed E-state index contributed by atoms with van der Waals surface area (Å²) in [6.07, 6.45) is 1.56. The van der Waals surface area contributed by atoms with Crippen LogP contribution >= 0.6 is 38.5 Å². The first-order chi connectivity index (χ1) is 16.0. The third kappa shape index (κ3) is 7.46. The molecule has 0 saturated heterocycles. The highest BCUT2D eigenvalue weighted by Crippen LogP contribution is 2.37. The van der Waals surface area contributed by atoms with Crippen molar-refractivity contribution in [2.45, 2.75) is 20.5 Å². The standard InChI is InChI=1S/C25H24BrIN2O4/c1-3-31-21-11-7-19(8-12-21)25(30)29-28-15-18-13-22(26)24(23(14-18)32-4-2)33-16-17-5-9-20(27)10-6-17/h5-15H,3-4,16H2,1-2H3,(H,29,30)/b28-15+. The van der Waals surface area contributed by atoms with E-state index in [0.717, 1.165) is 21.3 Å². The molecule has 0 spiro atoms. The number of nitrogens with zero attached hydrogens (tertiary/aromatic N) is 1. The Labute approximate surface area is 215 Å². The molecule has 0 aliphatic rings. The van der Waals surface area contributed by atoms with Gasteiger partial charge in [-0.1, -0.05) is 12.1 Å². The van der Waals surface area contributed by atoms with Crippen LogP contribution in [0, 0.1) is 3.57 Å². The largest absolute Gasteiger partial charge is 0.494 e. The second kappa shape index (κ2) is 12.6. The number of hydrogen-bond acceptors (Lipinski definition) is 5. The Morgan fingerprint density at radius 1 is 1.00 bits per heavy atom. The maximum atomic E-state index is 12.3. The number of carbonyl (C=O) groups excluding carboxylic acids is 1. The number of benzene rings is 3. The summed E-state index contributed by atoms with van der Waals surface area (Å²) in [5.74, 6) is 1.62.